The molecule has 0 radical (unpaired) electrons. The second-order valence-electron chi connectivity index (χ2n) is 6.06. The Morgan fingerprint density at radius 1 is 0.500 bits per heavy atom. The van der Waals surface area contributed by atoms with E-state index in [1.54, 1.807) is 0 Å². The molecule has 0 aliphatic heterocycles. The summed E-state index contributed by atoms with van der Waals surface area (Å²) in [6, 6.07) is 26.4. The summed E-state index contributed by atoms with van der Waals surface area (Å²) in [5.74, 6) is 0. The van der Waals surface area contributed by atoms with Crippen LogP contribution < -0.4 is 21.2 Å². The third kappa shape index (κ3) is 3.02. The van der Waals surface area contributed by atoms with Crippen molar-refractivity contribution in [3.63, 3.8) is 0 Å². The van der Waals surface area contributed by atoms with Crippen LogP contribution in [0.25, 0.3) is 20.2 Å². The first-order valence-corrected chi connectivity index (χ1v) is 12.2. The van der Waals surface area contributed by atoms with Crippen molar-refractivity contribution in [1.82, 2.24) is 0 Å². The van der Waals surface area contributed by atoms with Crippen molar-refractivity contribution in [3.8, 4) is 0 Å². The van der Waals surface area contributed by atoms with Crippen LogP contribution in [0.2, 0.25) is 0 Å². The predicted octanol–water partition coefficient (Wildman–Crippen LogP) is 5.37. The van der Waals surface area contributed by atoms with Gasteiger partial charge in [-0.3, -0.25) is 0 Å². The van der Waals surface area contributed by atoms with Gasteiger partial charge in [0, 0.05) is 25.5 Å². The van der Waals surface area contributed by atoms with Crippen molar-refractivity contribution >= 4 is 81.2 Å². The minimum atomic E-state index is 0.699. The topological polar surface area (TPSA) is 0 Å². The van der Waals surface area contributed by atoms with Crippen LogP contribution in [-0.4, -0.2) is 0 Å². The molecule has 0 aliphatic carbocycles. The Morgan fingerprint density at radius 3 is 1.46 bits per heavy atom. The van der Waals surface area contributed by atoms with Crippen LogP contribution in [0.4, 0.5) is 0 Å². The first-order valence-electron chi connectivity index (χ1n) is 8.45. The third-order valence-electron chi connectivity index (χ3n) is 4.41. The smallest absolute Gasteiger partial charge is 0.0441 e. The molecule has 0 saturated heterocycles. The average Bonchev–Trinajstić information content (AvgIpc) is 3.36. The van der Waals surface area contributed by atoms with Crippen molar-refractivity contribution in [2.45, 2.75) is 0 Å². The maximum absolute atomic E-state index is 2.32. The molecule has 3 aromatic carbocycles. The highest BCUT2D eigenvalue weighted by atomic mass is 32.1. The molecule has 0 amide bonds. The summed E-state index contributed by atoms with van der Waals surface area (Å²) in [6.45, 7) is 0. The molecule has 126 valence electrons. The van der Waals surface area contributed by atoms with Gasteiger partial charge >= 0.3 is 0 Å². The second-order valence-corrected chi connectivity index (χ2v) is 10.5. The van der Waals surface area contributed by atoms with Crippen molar-refractivity contribution in [2.24, 2.45) is 0 Å². The fraction of sp³-hybridized carbons (Fsp3) is 0. The molecule has 4 heteroatoms. The number of thiophene rings is 2. The molecule has 0 saturated carbocycles. The van der Waals surface area contributed by atoms with Gasteiger partial charge in [0.05, 0.1) is 0 Å². The van der Waals surface area contributed by atoms with E-state index >= 15 is 0 Å². The second kappa shape index (κ2) is 7.22. The minimum absolute atomic E-state index is 0.699. The van der Waals surface area contributed by atoms with E-state index in [4.69, 9.17) is 0 Å². The van der Waals surface area contributed by atoms with Crippen molar-refractivity contribution in [2.75, 3.05) is 0 Å². The summed E-state index contributed by atoms with van der Waals surface area (Å²) < 4.78 is 2.95. The highest BCUT2D eigenvalue weighted by Crippen LogP contribution is 2.35. The molecule has 0 nitrogen and oxygen atoms in total. The zero-order chi connectivity index (χ0) is 17.3. The first-order chi connectivity index (χ1) is 12.9. The lowest BCUT2D eigenvalue weighted by atomic mass is 10.2. The summed E-state index contributed by atoms with van der Waals surface area (Å²) >= 11 is 3.79. The molecule has 0 N–H and O–H groups in total. The molecule has 0 bridgehead atoms. The Bertz CT molecular complexity index is 1030. The van der Waals surface area contributed by atoms with Gasteiger partial charge in [-0.05, 0) is 38.8 Å². The van der Waals surface area contributed by atoms with Gasteiger partial charge in [0.25, 0.3) is 0 Å². The maximum atomic E-state index is 2.32. The zero-order valence-corrected chi connectivity index (χ0v) is 17.5. The molecular weight excluding hydrogens is 390 g/mol. The van der Waals surface area contributed by atoms with E-state index in [1.807, 2.05) is 22.7 Å². The Balaban J connectivity index is 1.71. The van der Waals surface area contributed by atoms with Gasteiger partial charge < -0.3 is 0 Å². The molecule has 0 spiro atoms. The summed E-state index contributed by atoms with van der Waals surface area (Å²) in [4.78, 5) is 0. The first kappa shape index (κ1) is 16.6. The molecule has 0 aliphatic rings. The monoisotopic (exact) mass is 406 g/mol. The van der Waals surface area contributed by atoms with Crippen molar-refractivity contribution in [3.05, 3.63) is 83.6 Å². The molecule has 2 atom stereocenters. The fourth-order valence-corrected chi connectivity index (χ4v) is 8.33. The van der Waals surface area contributed by atoms with Gasteiger partial charge in [-0.25, -0.2) is 0 Å². The van der Waals surface area contributed by atoms with Gasteiger partial charge in [-0.15, -0.1) is 22.7 Å². The number of benzene rings is 3. The van der Waals surface area contributed by atoms with Crippen LogP contribution in [0.1, 0.15) is 0 Å². The van der Waals surface area contributed by atoms with E-state index < -0.39 is 0 Å². The molecule has 5 aromatic rings. The van der Waals surface area contributed by atoms with Gasteiger partial charge in [0.2, 0.25) is 0 Å². The Hall–Kier alpha value is -1.56. The maximum Gasteiger partial charge on any atom is 0.0441 e. The minimum Gasteiger partial charge on any atom is -0.143 e. The quantitative estimate of drug-likeness (QED) is 0.352. The van der Waals surface area contributed by atoms with Gasteiger partial charge in [-0.2, -0.15) is 0 Å². The summed E-state index contributed by atoms with van der Waals surface area (Å²) in [7, 11) is 1.41. The highest BCUT2D eigenvalue weighted by molar-refractivity contribution is 7.59. The standard InChI is InChI=1S/C22H16P2S2/c1-3-7-15(8-4-1)23-19-17-11-13-25-21(17)20(22-18(19)12-14-26-22)24-16-9-5-2-6-10-16/h1-14,23-24H. The Kier molecular flexibility index (Phi) is 4.61. The summed E-state index contributed by atoms with van der Waals surface area (Å²) in [5, 5.41) is 13.3. The Morgan fingerprint density at radius 2 is 0.962 bits per heavy atom. The SMILES string of the molecule is c1ccc(Pc2c3ccsc3c(Pc3ccccc3)c3sccc23)cc1. The van der Waals surface area contributed by atoms with E-state index in [0.29, 0.717) is 17.2 Å². The number of fused-ring (bicyclic) bond motifs is 2. The van der Waals surface area contributed by atoms with Crippen LogP contribution >= 0.6 is 39.8 Å². The lowest BCUT2D eigenvalue weighted by molar-refractivity contribution is 1.78. The van der Waals surface area contributed by atoms with Crippen molar-refractivity contribution in [1.29, 1.82) is 0 Å². The number of hydrogen-bond acceptors (Lipinski definition) is 2. The van der Waals surface area contributed by atoms with Crippen LogP contribution in [0.3, 0.4) is 0 Å². The van der Waals surface area contributed by atoms with E-state index in [9.17, 15) is 0 Å². The lowest BCUT2D eigenvalue weighted by Crippen LogP contribution is -2.11. The van der Waals surface area contributed by atoms with Crippen molar-refractivity contribution < 1.29 is 0 Å². The van der Waals surface area contributed by atoms with Gasteiger partial charge in [-0.1, -0.05) is 77.8 Å². The van der Waals surface area contributed by atoms with Crippen LogP contribution in [0.5, 0.6) is 0 Å². The average molecular weight is 406 g/mol. The van der Waals surface area contributed by atoms with Crippen LogP contribution in [0, 0.1) is 0 Å². The summed E-state index contributed by atoms with van der Waals surface area (Å²) in [6.07, 6.45) is 0. The predicted molar refractivity (Wildman–Crippen MR) is 125 cm³/mol. The van der Waals surface area contributed by atoms with Gasteiger partial charge in [0.1, 0.15) is 0 Å². The number of rotatable bonds is 4. The molecule has 2 heterocycles. The van der Waals surface area contributed by atoms with E-state index in [-0.39, 0.29) is 0 Å². The molecule has 0 fully saturated rings. The van der Waals surface area contributed by atoms with Crippen LogP contribution in [-0.2, 0) is 0 Å². The Labute approximate surface area is 164 Å². The number of hydrogen-bond donors (Lipinski definition) is 0. The zero-order valence-electron chi connectivity index (χ0n) is 13.9. The fourth-order valence-electron chi connectivity index (χ4n) is 3.23. The van der Waals surface area contributed by atoms with E-state index in [1.165, 1.54) is 41.4 Å². The molecular formula is C22H16P2S2. The lowest BCUT2D eigenvalue weighted by Gasteiger charge is -2.12. The molecule has 5 rings (SSSR count). The summed E-state index contributed by atoms with van der Waals surface area (Å²) in [5.41, 5.74) is 0. The molecule has 2 aromatic heterocycles. The largest absolute Gasteiger partial charge is 0.143 e. The molecule has 2 unspecified atom stereocenters. The van der Waals surface area contributed by atoms with E-state index in [0.717, 1.165) is 0 Å². The molecule has 26 heavy (non-hydrogen) atoms. The highest BCUT2D eigenvalue weighted by Gasteiger charge is 2.16. The van der Waals surface area contributed by atoms with Gasteiger partial charge in [0.15, 0.2) is 0 Å². The van der Waals surface area contributed by atoms with Crippen LogP contribution in [0.15, 0.2) is 83.6 Å². The van der Waals surface area contributed by atoms with E-state index in [2.05, 4.69) is 83.6 Å². The third-order valence-corrected chi connectivity index (χ3v) is 9.42. The normalized spacial score (nSPS) is 12.3.